The maximum absolute atomic E-state index is 13.4. The second-order valence-corrected chi connectivity index (χ2v) is 9.04. The second kappa shape index (κ2) is 13.6. The molecule has 2 aliphatic rings. The van der Waals surface area contributed by atoms with Crippen LogP contribution in [-0.4, -0.2) is 48.0 Å². The van der Waals surface area contributed by atoms with Crippen LogP contribution in [0.2, 0.25) is 0 Å². The van der Waals surface area contributed by atoms with Crippen LogP contribution in [0.4, 0.5) is 4.39 Å². The molecule has 0 aliphatic carbocycles. The lowest BCUT2D eigenvalue weighted by Gasteiger charge is -2.23. The molecule has 2 heterocycles. The maximum Gasteiger partial charge on any atom is 0.171 e. The first-order valence-electron chi connectivity index (χ1n) is 12.2. The topological polar surface area (TPSA) is 62.2 Å². The summed E-state index contributed by atoms with van der Waals surface area (Å²) in [4.78, 5) is 2.48. The maximum atomic E-state index is 13.4. The largest absolute Gasteiger partial charge is 0.508 e. The van der Waals surface area contributed by atoms with Gasteiger partial charge < -0.3 is 19.7 Å². The highest BCUT2D eigenvalue weighted by Gasteiger charge is 2.23. The average Bonchev–Trinajstić information content (AvgIpc) is 3.28. The van der Waals surface area contributed by atoms with E-state index < -0.39 is 5.82 Å². The van der Waals surface area contributed by atoms with E-state index in [2.05, 4.69) is 11.8 Å². The van der Waals surface area contributed by atoms with Crippen LogP contribution in [0.25, 0.3) is 0 Å². The smallest absolute Gasteiger partial charge is 0.171 e. The standard InChI is InChI=1S/C13H19NO.C10H11FO2.C6H6O/c1-12-7-8-14(11-12)9-10-15-13-5-3-2-4-6-13;1-6-4-5-13-8-3-2-7(12)10(11)9(6)8;7-6-4-2-1-3-5-6/h2-6,12H,7-11H2,1H3;2-3,6,12H,4-5H2,1H3;1-5,7H/t12-;6-;/m00./s1. The van der Waals surface area contributed by atoms with Crippen LogP contribution >= 0.6 is 0 Å². The quantitative estimate of drug-likeness (QED) is 0.463. The van der Waals surface area contributed by atoms with Gasteiger partial charge in [-0.05, 0) is 67.6 Å². The number of para-hydroxylation sites is 2. The Hall–Kier alpha value is -3.25. The van der Waals surface area contributed by atoms with Crippen molar-refractivity contribution in [1.29, 1.82) is 0 Å². The van der Waals surface area contributed by atoms with E-state index in [0.717, 1.165) is 31.2 Å². The lowest BCUT2D eigenvalue weighted by Crippen LogP contribution is -2.25. The molecule has 0 unspecified atom stereocenters. The van der Waals surface area contributed by atoms with E-state index >= 15 is 0 Å². The van der Waals surface area contributed by atoms with Crippen molar-refractivity contribution in [2.45, 2.75) is 32.6 Å². The van der Waals surface area contributed by atoms with Crippen molar-refractivity contribution >= 4 is 0 Å². The van der Waals surface area contributed by atoms with E-state index in [-0.39, 0.29) is 11.7 Å². The molecule has 2 atom stereocenters. The van der Waals surface area contributed by atoms with E-state index in [4.69, 9.17) is 19.7 Å². The van der Waals surface area contributed by atoms with Crippen LogP contribution in [-0.2, 0) is 0 Å². The molecule has 1 saturated heterocycles. The fraction of sp³-hybridized carbons (Fsp3) is 0.379. The number of ether oxygens (including phenoxy) is 2. The zero-order valence-corrected chi connectivity index (χ0v) is 20.6. The lowest BCUT2D eigenvalue weighted by molar-refractivity contribution is 0.234. The number of aromatic hydroxyl groups is 2. The van der Waals surface area contributed by atoms with Crippen LogP contribution in [0.1, 0.15) is 38.2 Å². The van der Waals surface area contributed by atoms with Crippen LogP contribution < -0.4 is 9.47 Å². The molecular weight excluding hydrogens is 445 g/mol. The van der Waals surface area contributed by atoms with Gasteiger partial charge in [0, 0.05) is 18.7 Å². The summed E-state index contributed by atoms with van der Waals surface area (Å²) in [5.74, 6) is 2.01. The Balaban J connectivity index is 0.000000156. The predicted octanol–water partition coefficient (Wildman–Crippen LogP) is 6.22. The summed E-state index contributed by atoms with van der Waals surface area (Å²) in [5.41, 5.74) is 0.506. The molecule has 5 rings (SSSR count). The van der Waals surface area contributed by atoms with E-state index in [9.17, 15) is 4.39 Å². The van der Waals surface area contributed by atoms with Gasteiger partial charge in [-0.25, -0.2) is 4.39 Å². The SMILES string of the molecule is C[C@H]1CCN(CCOc2ccccc2)C1.C[C@H]1CCOc2ccc(O)c(F)c21.Oc1ccccc1. The van der Waals surface area contributed by atoms with Gasteiger partial charge in [0.15, 0.2) is 11.6 Å². The highest BCUT2D eigenvalue weighted by Crippen LogP contribution is 2.38. The minimum absolute atomic E-state index is 0.121. The predicted molar refractivity (Wildman–Crippen MR) is 137 cm³/mol. The average molecular weight is 482 g/mol. The summed E-state index contributed by atoms with van der Waals surface area (Å²) >= 11 is 0. The molecular formula is C29H36FNO4. The number of hydrogen-bond donors (Lipinski definition) is 2. The van der Waals surface area contributed by atoms with Crippen molar-refractivity contribution in [3.05, 3.63) is 84.2 Å². The van der Waals surface area contributed by atoms with Crippen molar-refractivity contribution in [1.82, 2.24) is 4.90 Å². The molecule has 188 valence electrons. The Kier molecular flexibility index (Phi) is 10.2. The summed E-state index contributed by atoms with van der Waals surface area (Å²) in [6.07, 6.45) is 2.14. The number of phenolic OH excluding ortho intramolecular Hbond substituents is 2. The zero-order chi connectivity index (χ0) is 25.0. The molecule has 2 N–H and O–H groups in total. The van der Waals surface area contributed by atoms with Crippen molar-refractivity contribution in [2.24, 2.45) is 5.92 Å². The minimum atomic E-state index is -0.537. The van der Waals surface area contributed by atoms with Crippen molar-refractivity contribution < 1.29 is 24.1 Å². The third-order valence-electron chi connectivity index (χ3n) is 6.10. The third-order valence-corrected chi connectivity index (χ3v) is 6.10. The van der Waals surface area contributed by atoms with Crippen LogP contribution in [0, 0.1) is 11.7 Å². The summed E-state index contributed by atoms with van der Waals surface area (Å²) in [5, 5.41) is 17.8. The number of phenols is 2. The van der Waals surface area contributed by atoms with Gasteiger partial charge in [0.25, 0.3) is 0 Å². The van der Waals surface area contributed by atoms with Gasteiger partial charge in [0.2, 0.25) is 0 Å². The number of rotatable bonds is 4. The van der Waals surface area contributed by atoms with E-state index in [0.29, 0.717) is 23.7 Å². The van der Waals surface area contributed by atoms with E-state index in [1.807, 2.05) is 43.3 Å². The normalized spacial score (nSPS) is 18.7. The number of benzene rings is 3. The minimum Gasteiger partial charge on any atom is -0.508 e. The molecule has 0 radical (unpaired) electrons. The Morgan fingerprint density at radius 1 is 0.943 bits per heavy atom. The van der Waals surface area contributed by atoms with Gasteiger partial charge >= 0.3 is 0 Å². The van der Waals surface area contributed by atoms with Crippen LogP contribution in [0.5, 0.6) is 23.0 Å². The van der Waals surface area contributed by atoms with Crippen molar-refractivity contribution in [2.75, 3.05) is 32.8 Å². The molecule has 5 nitrogen and oxygen atoms in total. The molecule has 3 aromatic rings. The fourth-order valence-electron chi connectivity index (χ4n) is 4.11. The number of likely N-dealkylation sites (tertiary alicyclic amines) is 1. The fourth-order valence-corrected chi connectivity index (χ4v) is 4.11. The Morgan fingerprint density at radius 2 is 1.63 bits per heavy atom. The monoisotopic (exact) mass is 481 g/mol. The third kappa shape index (κ3) is 8.48. The highest BCUT2D eigenvalue weighted by molar-refractivity contribution is 5.44. The number of fused-ring (bicyclic) bond motifs is 1. The van der Waals surface area contributed by atoms with E-state index in [1.54, 1.807) is 30.3 Å². The first-order chi connectivity index (χ1) is 16.9. The molecule has 2 aliphatic heterocycles. The molecule has 6 heteroatoms. The molecule has 1 fully saturated rings. The number of nitrogens with zero attached hydrogens (tertiary/aromatic N) is 1. The number of halogens is 1. The van der Waals surface area contributed by atoms with Crippen molar-refractivity contribution in [3.8, 4) is 23.0 Å². The molecule has 3 aromatic carbocycles. The van der Waals surface area contributed by atoms with Gasteiger partial charge in [0.05, 0.1) is 6.61 Å². The Bertz CT molecular complexity index is 1020. The van der Waals surface area contributed by atoms with Gasteiger partial charge in [0.1, 0.15) is 23.9 Å². The first kappa shape index (κ1) is 26.4. The van der Waals surface area contributed by atoms with Crippen LogP contribution in [0.15, 0.2) is 72.8 Å². The second-order valence-electron chi connectivity index (χ2n) is 9.04. The van der Waals surface area contributed by atoms with Gasteiger partial charge in [-0.2, -0.15) is 0 Å². The molecule has 0 aromatic heterocycles. The van der Waals surface area contributed by atoms with E-state index in [1.165, 1.54) is 25.6 Å². The number of hydrogen-bond acceptors (Lipinski definition) is 5. The summed E-state index contributed by atoms with van der Waals surface area (Å²) < 4.78 is 24.3. The Labute approximate surface area is 207 Å². The van der Waals surface area contributed by atoms with Gasteiger partial charge in [-0.15, -0.1) is 0 Å². The summed E-state index contributed by atoms with van der Waals surface area (Å²) in [6, 6.07) is 21.7. The molecule has 0 amide bonds. The summed E-state index contributed by atoms with van der Waals surface area (Å²) in [6.45, 7) is 9.20. The molecule has 0 bridgehead atoms. The summed E-state index contributed by atoms with van der Waals surface area (Å²) in [7, 11) is 0. The zero-order valence-electron chi connectivity index (χ0n) is 20.6. The first-order valence-corrected chi connectivity index (χ1v) is 12.2. The Morgan fingerprint density at radius 3 is 2.23 bits per heavy atom. The van der Waals surface area contributed by atoms with Gasteiger partial charge in [-0.3, -0.25) is 4.90 Å². The molecule has 0 spiro atoms. The van der Waals surface area contributed by atoms with Crippen molar-refractivity contribution in [3.63, 3.8) is 0 Å². The molecule has 35 heavy (non-hydrogen) atoms. The van der Waals surface area contributed by atoms with Gasteiger partial charge in [-0.1, -0.05) is 50.2 Å². The lowest BCUT2D eigenvalue weighted by atomic mass is 9.94. The van der Waals surface area contributed by atoms with Crippen LogP contribution in [0.3, 0.4) is 0 Å². The molecule has 0 saturated carbocycles. The highest BCUT2D eigenvalue weighted by atomic mass is 19.1.